The predicted octanol–water partition coefficient (Wildman–Crippen LogP) is 6.62. The first-order valence-corrected chi connectivity index (χ1v) is 12.8. The molecule has 1 aliphatic rings. The Labute approximate surface area is 196 Å². The second-order valence-electron chi connectivity index (χ2n) is 7.84. The van der Waals surface area contributed by atoms with Gasteiger partial charge in [-0.05, 0) is 87.5 Å². The number of fused-ring (bicyclic) bond motifs is 2. The molecule has 2 heterocycles. The highest BCUT2D eigenvalue weighted by molar-refractivity contribution is 7.80. The molecule has 8 heteroatoms. The minimum Gasteiger partial charge on any atom is -0.462 e. The number of hydrogen-bond acceptors (Lipinski definition) is 6. The van der Waals surface area contributed by atoms with Crippen molar-refractivity contribution in [1.82, 2.24) is 4.98 Å². The molecular formula is C23H27N3O2S3. The first kappa shape index (κ1) is 22.2. The van der Waals surface area contributed by atoms with Gasteiger partial charge in [0.25, 0.3) is 0 Å². The van der Waals surface area contributed by atoms with Crippen LogP contribution in [0.15, 0.2) is 12.1 Å². The van der Waals surface area contributed by atoms with Gasteiger partial charge in [0.2, 0.25) is 0 Å². The van der Waals surface area contributed by atoms with Crippen LogP contribution in [0.2, 0.25) is 0 Å². The summed E-state index contributed by atoms with van der Waals surface area (Å²) in [7, 11) is 0. The number of thiophene rings is 1. The molecule has 0 bridgehead atoms. The number of benzene rings is 1. The van der Waals surface area contributed by atoms with Crippen LogP contribution in [0.4, 0.5) is 10.1 Å². The van der Waals surface area contributed by atoms with Gasteiger partial charge in [0.05, 0.1) is 22.4 Å². The van der Waals surface area contributed by atoms with Crippen molar-refractivity contribution in [3.63, 3.8) is 0 Å². The van der Waals surface area contributed by atoms with E-state index in [2.05, 4.69) is 41.6 Å². The average Bonchev–Trinajstić information content (AvgIpc) is 3.22. The zero-order chi connectivity index (χ0) is 22.0. The Hall–Kier alpha value is -2.03. The van der Waals surface area contributed by atoms with Gasteiger partial charge in [-0.25, -0.2) is 9.78 Å². The summed E-state index contributed by atoms with van der Waals surface area (Å²) in [5, 5.41) is 8.42. The van der Waals surface area contributed by atoms with Gasteiger partial charge in [-0.15, -0.1) is 11.3 Å². The predicted molar refractivity (Wildman–Crippen MR) is 135 cm³/mol. The van der Waals surface area contributed by atoms with E-state index in [1.807, 2.05) is 6.92 Å². The molecule has 4 rings (SSSR count). The van der Waals surface area contributed by atoms with E-state index >= 15 is 0 Å². The fraction of sp³-hybridized carbons (Fsp3) is 0.435. The molecule has 31 heavy (non-hydrogen) atoms. The third-order valence-corrected chi connectivity index (χ3v) is 7.95. The van der Waals surface area contributed by atoms with E-state index in [0.717, 1.165) is 51.6 Å². The zero-order valence-corrected chi connectivity index (χ0v) is 20.5. The minimum atomic E-state index is -0.267. The molecule has 0 radical (unpaired) electrons. The maximum atomic E-state index is 12.8. The number of anilines is 2. The molecule has 1 aliphatic carbocycles. The van der Waals surface area contributed by atoms with E-state index in [1.54, 1.807) is 22.7 Å². The highest BCUT2D eigenvalue weighted by atomic mass is 32.1. The Bertz CT molecular complexity index is 1090. The molecule has 0 unspecified atom stereocenters. The number of thiocarbonyl (C=S) groups is 1. The lowest BCUT2D eigenvalue weighted by atomic mass is 9.96. The molecule has 1 aromatic carbocycles. The lowest BCUT2D eigenvalue weighted by Gasteiger charge is -2.12. The largest absolute Gasteiger partial charge is 0.462 e. The number of ether oxygens (including phenoxy) is 1. The van der Waals surface area contributed by atoms with Crippen molar-refractivity contribution >= 4 is 66.3 Å². The first-order valence-electron chi connectivity index (χ1n) is 10.7. The Kier molecular flexibility index (Phi) is 6.89. The van der Waals surface area contributed by atoms with Gasteiger partial charge < -0.3 is 15.4 Å². The maximum absolute atomic E-state index is 12.8. The van der Waals surface area contributed by atoms with Crippen LogP contribution in [0.1, 0.15) is 64.5 Å². The van der Waals surface area contributed by atoms with Gasteiger partial charge in [-0.1, -0.05) is 24.2 Å². The SMILES string of the molecule is CCOC(=O)c1c(NC(=S)Nc2nc3cc(C)c(C)cc3s2)sc2c1CCCCCC2. The molecule has 3 aromatic rings. The van der Waals surface area contributed by atoms with Crippen LogP contribution in [-0.4, -0.2) is 22.7 Å². The van der Waals surface area contributed by atoms with Crippen molar-refractivity contribution in [2.24, 2.45) is 0 Å². The Morgan fingerprint density at radius 3 is 2.61 bits per heavy atom. The summed E-state index contributed by atoms with van der Waals surface area (Å²) in [6.45, 7) is 6.39. The fourth-order valence-corrected chi connectivity index (χ4v) is 6.45. The summed E-state index contributed by atoms with van der Waals surface area (Å²) in [4.78, 5) is 18.7. The number of nitrogens with one attached hydrogen (secondary N) is 2. The van der Waals surface area contributed by atoms with Crippen LogP contribution in [0.3, 0.4) is 0 Å². The maximum Gasteiger partial charge on any atom is 0.341 e. The van der Waals surface area contributed by atoms with Crippen molar-refractivity contribution in [3.05, 3.63) is 39.3 Å². The van der Waals surface area contributed by atoms with E-state index < -0.39 is 0 Å². The van der Waals surface area contributed by atoms with E-state index in [0.29, 0.717) is 17.3 Å². The second-order valence-corrected chi connectivity index (χ2v) is 10.4. The lowest BCUT2D eigenvalue weighted by molar-refractivity contribution is 0.0526. The van der Waals surface area contributed by atoms with Gasteiger partial charge in [-0.2, -0.15) is 0 Å². The summed E-state index contributed by atoms with van der Waals surface area (Å²) in [6.07, 6.45) is 6.62. The van der Waals surface area contributed by atoms with Crippen molar-refractivity contribution in [1.29, 1.82) is 0 Å². The lowest BCUT2D eigenvalue weighted by Crippen LogP contribution is -2.20. The van der Waals surface area contributed by atoms with Crippen LogP contribution < -0.4 is 10.6 Å². The van der Waals surface area contributed by atoms with Crippen LogP contribution in [0.5, 0.6) is 0 Å². The number of nitrogens with zero attached hydrogens (tertiary/aromatic N) is 1. The Morgan fingerprint density at radius 1 is 1.10 bits per heavy atom. The van der Waals surface area contributed by atoms with Gasteiger partial charge in [0.1, 0.15) is 5.00 Å². The molecule has 0 spiro atoms. The molecule has 2 aromatic heterocycles. The number of aromatic nitrogens is 1. The van der Waals surface area contributed by atoms with E-state index in [4.69, 9.17) is 17.0 Å². The van der Waals surface area contributed by atoms with Crippen LogP contribution >= 0.6 is 34.9 Å². The van der Waals surface area contributed by atoms with Crippen molar-refractivity contribution < 1.29 is 9.53 Å². The van der Waals surface area contributed by atoms with E-state index in [1.165, 1.54) is 28.8 Å². The summed E-state index contributed by atoms with van der Waals surface area (Å²) in [5.41, 5.74) is 5.23. The van der Waals surface area contributed by atoms with Gasteiger partial charge in [0.15, 0.2) is 10.2 Å². The number of rotatable bonds is 4. The molecule has 164 valence electrons. The highest BCUT2D eigenvalue weighted by Crippen LogP contribution is 2.38. The molecule has 0 saturated heterocycles. The standard InChI is InChI=1S/C23H27N3O2S3/c1-4-28-21(27)19-15-9-7-5-6-8-10-17(15)30-20(19)25-22(29)26-23-24-16-11-13(2)14(3)12-18(16)31-23/h11-12H,4-10H2,1-3H3,(H2,24,25,26,29). The fourth-order valence-electron chi connectivity index (χ4n) is 3.89. The molecule has 0 amide bonds. The van der Waals surface area contributed by atoms with E-state index in [-0.39, 0.29) is 5.97 Å². The van der Waals surface area contributed by atoms with Crippen LogP contribution in [-0.2, 0) is 17.6 Å². The van der Waals surface area contributed by atoms with Gasteiger partial charge in [0, 0.05) is 4.88 Å². The molecular weight excluding hydrogens is 446 g/mol. The molecule has 0 saturated carbocycles. The number of esters is 1. The number of hydrogen-bond donors (Lipinski definition) is 2. The van der Waals surface area contributed by atoms with Gasteiger partial charge in [-0.3, -0.25) is 0 Å². The number of carbonyl (C=O) groups is 1. The normalized spacial score (nSPS) is 13.9. The van der Waals surface area contributed by atoms with Crippen molar-refractivity contribution in [3.8, 4) is 0 Å². The minimum absolute atomic E-state index is 0.267. The Balaban J connectivity index is 1.58. The number of thiazole rings is 1. The smallest absolute Gasteiger partial charge is 0.341 e. The Morgan fingerprint density at radius 2 is 1.84 bits per heavy atom. The molecule has 5 nitrogen and oxygen atoms in total. The number of carbonyl (C=O) groups excluding carboxylic acids is 1. The van der Waals surface area contributed by atoms with Crippen molar-refractivity contribution in [2.75, 3.05) is 17.2 Å². The summed E-state index contributed by atoms with van der Waals surface area (Å²) < 4.78 is 6.51. The quantitative estimate of drug-likeness (QED) is 0.328. The third-order valence-electron chi connectivity index (χ3n) is 5.60. The first-order chi connectivity index (χ1) is 15.0. The molecule has 2 N–H and O–H groups in total. The number of aryl methyl sites for hydroxylation is 3. The monoisotopic (exact) mass is 473 g/mol. The molecule has 0 atom stereocenters. The summed E-state index contributed by atoms with van der Waals surface area (Å²) >= 11 is 8.78. The molecule has 0 aliphatic heterocycles. The zero-order valence-electron chi connectivity index (χ0n) is 18.1. The third kappa shape index (κ3) is 4.91. The topological polar surface area (TPSA) is 63.2 Å². The molecule has 0 fully saturated rings. The summed E-state index contributed by atoms with van der Waals surface area (Å²) in [6, 6.07) is 4.25. The second kappa shape index (κ2) is 9.63. The van der Waals surface area contributed by atoms with Crippen molar-refractivity contribution in [2.45, 2.75) is 59.3 Å². The highest BCUT2D eigenvalue weighted by Gasteiger charge is 2.25. The van der Waals surface area contributed by atoms with Gasteiger partial charge >= 0.3 is 5.97 Å². The van der Waals surface area contributed by atoms with Crippen LogP contribution in [0.25, 0.3) is 10.2 Å². The van der Waals surface area contributed by atoms with E-state index in [9.17, 15) is 4.79 Å². The summed E-state index contributed by atoms with van der Waals surface area (Å²) in [5.74, 6) is -0.267. The van der Waals surface area contributed by atoms with Crippen LogP contribution in [0, 0.1) is 13.8 Å². The average molecular weight is 474 g/mol.